The first-order chi connectivity index (χ1) is 8.82. The number of nitriles is 1. The Morgan fingerprint density at radius 3 is 2.58 bits per heavy atom. The van der Waals surface area contributed by atoms with Gasteiger partial charge in [0.25, 0.3) is 0 Å². The van der Waals surface area contributed by atoms with Crippen LogP contribution >= 0.6 is 11.6 Å². The molecular formula is C15H18ClFN2. The van der Waals surface area contributed by atoms with Crippen LogP contribution < -0.4 is 0 Å². The largest absolute Gasteiger partial charge is 0.297 e. The predicted molar refractivity (Wildman–Crippen MR) is 74.6 cm³/mol. The van der Waals surface area contributed by atoms with Gasteiger partial charge in [0.1, 0.15) is 5.82 Å². The minimum absolute atomic E-state index is 0.0242. The molecule has 0 unspecified atom stereocenters. The van der Waals surface area contributed by atoms with Gasteiger partial charge < -0.3 is 0 Å². The fourth-order valence-corrected chi connectivity index (χ4v) is 2.91. The summed E-state index contributed by atoms with van der Waals surface area (Å²) in [6.07, 6.45) is 0. The zero-order valence-corrected chi connectivity index (χ0v) is 12.2. The molecule has 0 aliphatic carbocycles. The fourth-order valence-electron chi connectivity index (χ4n) is 2.60. The van der Waals surface area contributed by atoms with Crippen LogP contribution in [0.3, 0.4) is 0 Å². The van der Waals surface area contributed by atoms with Crippen LogP contribution in [0.1, 0.15) is 32.3 Å². The lowest BCUT2D eigenvalue weighted by Crippen LogP contribution is -2.39. The molecule has 102 valence electrons. The summed E-state index contributed by atoms with van der Waals surface area (Å²) in [4.78, 5) is 2.28. The molecule has 19 heavy (non-hydrogen) atoms. The molecule has 2 atom stereocenters. The van der Waals surface area contributed by atoms with E-state index in [1.54, 1.807) is 6.07 Å². The molecule has 4 heteroatoms. The minimum Gasteiger partial charge on any atom is -0.297 e. The van der Waals surface area contributed by atoms with Gasteiger partial charge in [-0.1, -0.05) is 17.7 Å². The molecule has 1 aromatic carbocycles. The number of benzene rings is 1. The summed E-state index contributed by atoms with van der Waals surface area (Å²) in [5.41, 5.74) is 0.900. The van der Waals surface area contributed by atoms with Gasteiger partial charge in [-0.05, 0) is 38.5 Å². The highest BCUT2D eigenvalue weighted by atomic mass is 35.5. The van der Waals surface area contributed by atoms with Gasteiger partial charge in [-0.2, -0.15) is 5.26 Å². The summed E-state index contributed by atoms with van der Waals surface area (Å²) in [5.74, 6) is -0.382. The standard InChI is InChI=1S/C15H18ClFN2/c1-15(2,3)19-8-10(7-18)13(9-19)12-5-4-11(17)6-14(12)16/h4-6,10,13H,8-9H2,1-3H3/t10-,13-/m1/s1. The second kappa shape index (κ2) is 5.11. The Balaban J connectivity index is 2.31. The maximum atomic E-state index is 13.1. The molecule has 1 aliphatic heterocycles. The molecule has 1 saturated heterocycles. The second-order valence-electron chi connectivity index (χ2n) is 6.08. The second-order valence-corrected chi connectivity index (χ2v) is 6.49. The number of likely N-dealkylation sites (tertiary alicyclic amines) is 1. The summed E-state index contributed by atoms with van der Waals surface area (Å²) in [6, 6.07) is 6.81. The van der Waals surface area contributed by atoms with Gasteiger partial charge in [0.15, 0.2) is 0 Å². The molecule has 0 N–H and O–H groups in total. The van der Waals surface area contributed by atoms with Crippen molar-refractivity contribution in [1.29, 1.82) is 5.26 Å². The first-order valence-electron chi connectivity index (χ1n) is 6.42. The Morgan fingerprint density at radius 2 is 2.05 bits per heavy atom. The molecule has 0 saturated carbocycles. The zero-order valence-electron chi connectivity index (χ0n) is 11.5. The molecule has 0 spiro atoms. The van der Waals surface area contributed by atoms with Crippen LogP contribution in [-0.2, 0) is 0 Å². The van der Waals surface area contributed by atoms with Crippen LogP contribution in [0.2, 0.25) is 5.02 Å². The molecule has 2 nitrogen and oxygen atoms in total. The molecule has 0 aromatic heterocycles. The van der Waals surface area contributed by atoms with E-state index in [0.29, 0.717) is 5.02 Å². The highest BCUT2D eigenvalue weighted by Gasteiger charge is 2.39. The number of nitrogens with zero attached hydrogens (tertiary/aromatic N) is 2. The smallest absolute Gasteiger partial charge is 0.124 e. The minimum atomic E-state index is -0.340. The van der Waals surface area contributed by atoms with Crippen molar-refractivity contribution in [2.75, 3.05) is 13.1 Å². The van der Waals surface area contributed by atoms with Crippen LogP contribution in [0, 0.1) is 23.1 Å². The topological polar surface area (TPSA) is 27.0 Å². The summed E-state index contributed by atoms with van der Waals surface area (Å²) in [5, 5.41) is 9.75. The van der Waals surface area contributed by atoms with Crippen molar-refractivity contribution in [3.63, 3.8) is 0 Å². The molecule has 0 amide bonds. The number of hydrogen-bond acceptors (Lipinski definition) is 2. The molecule has 2 rings (SSSR count). The summed E-state index contributed by atoms with van der Waals surface area (Å²) < 4.78 is 13.1. The molecule has 0 bridgehead atoms. The number of halogens is 2. The van der Waals surface area contributed by atoms with E-state index in [9.17, 15) is 9.65 Å². The number of rotatable bonds is 1. The van der Waals surface area contributed by atoms with E-state index < -0.39 is 0 Å². The van der Waals surface area contributed by atoms with Crippen LogP contribution in [-0.4, -0.2) is 23.5 Å². The highest BCUT2D eigenvalue weighted by Crippen LogP contribution is 2.38. The maximum absolute atomic E-state index is 13.1. The van der Waals surface area contributed by atoms with Crippen molar-refractivity contribution in [1.82, 2.24) is 4.90 Å². The van der Waals surface area contributed by atoms with Crippen molar-refractivity contribution >= 4 is 11.6 Å². The SMILES string of the molecule is CC(C)(C)N1C[C@@H](C#N)[C@H](c2ccc(F)cc2Cl)C1. The molecule has 1 fully saturated rings. The van der Waals surface area contributed by atoms with Crippen molar-refractivity contribution in [2.45, 2.75) is 32.2 Å². The van der Waals surface area contributed by atoms with Crippen LogP contribution in [0.15, 0.2) is 18.2 Å². The van der Waals surface area contributed by atoms with E-state index in [1.165, 1.54) is 12.1 Å². The summed E-state index contributed by atoms with van der Waals surface area (Å²) in [6.45, 7) is 7.92. The van der Waals surface area contributed by atoms with Gasteiger partial charge in [0.05, 0.1) is 12.0 Å². The van der Waals surface area contributed by atoms with Gasteiger partial charge in [-0.3, -0.25) is 4.90 Å². The molecule has 1 aromatic rings. The van der Waals surface area contributed by atoms with Gasteiger partial charge >= 0.3 is 0 Å². The average Bonchev–Trinajstić information content (AvgIpc) is 2.72. The Labute approximate surface area is 118 Å². The quantitative estimate of drug-likeness (QED) is 0.782. The van der Waals surface area contributed by atoms with E-state index in [1.807, 2.05) is 0 Å². The average molecular weight is 281 g/mol. The van der Waals surface area contributed by atoms with Gasteiger partial charge in [-0.15, -0.1) is 0 Å². The van der Waals surface area contributed by atoms with Gasteiger partial charge in [-0.25, -0.2) is 4.39 Å². The lowest BCUT2D eigenvalue weighted by Gasteiger charge is -2.31. The molecular weight excluding hydrogens is 263 g/mol. The monoisotopic (exact) mass is 280 g/mol. The van der Waals surface area contributed by atoms with Crippen molar-refractivity contribution in [2.24, 2.45) is 5.92 Å². The Hall–Kier alpha value is -1.11. The first-order valence-corrected chi connectivity index (χ1v) is 6.80. The summed E-state index contributed by atoms with van der Waals surface area (Å²) >= 11 is 6.13. The molecule has 1 heterocycles. The van der Waals surface area contributed by atoms with E-state index >= 15 is 0 Å². The van der Waals surface area contributed by atoms with Crippen molar-refractivity contribution in [3.8, 4) is 6.07 Å². The lowest BCUT2D eigenvalue weighted by molar-refractivity contribution is 0.170. The maximum Gasteiger partial charge on any atom is 0.124 e. The van der Waals surface area contributed by atoms with Gasteiger partial charge in [0.2, 0.25) is 0 Å². The van der Waals surface area contributed by atoms with E-state index in [2.05, 4.69) is 31.7 Å². The Morgan fingerprint density at radius 1 is 1.37 bits per heavy atom. The van der Waals surface area contributed by atoms with Crippen molar-refractivity contribution in [3.05, 3.63) is 34.6 Å². The Kier molecular flexibility index (Phi) is 3.85. The summed E-state index contributed by atoms with van der Waals surface area (Å²) in [7, 11) is 0. The third-order valence-corrected chi connectivity index (χ3v) is 4.12. The van der Waals surface area contributed by atoms with E-state index in [4.69, 9.17) is 11.6 Å². The third kappa shape index (κ3) is 2.91. The third-order valence-electron chi connectivity index (χ3n) is 3.80. The normalized spacial score (nSPS) is 24.4. The Bertz CT molecular complexity index is 516. The van der Waals surface area contributed by atoms with E-state index in [0.717, 1.165) is 18.7 Å². The molecule has 1 aliphatic rings. The number of hydrogen-bond donors (Lipinski definition) is 0. The zero-order chi connectivity index (χ0) is 14.2. The van der Waals surface area contributed by atoms with Crippen LogP contribution in [0.4, 0.5) is 4.39 Å². The lowest BCUT2D eigenvalue weighted by atomic mass is 9.90. The van der Waals surface area contributed by atoms with Gasteiger partial charge in [0, 0.05) is 29.6 Å². The van der Waals surface area contributed by atoms with Crippen LogP contribution in [0.5, 0.6) is 0 Å². The van der Waals surface area contributed by atoms with Crippen molar-refractivity contribution < 1.29 is 4.39 Å². The van der Waals surface area contributed by atoms with E-state index in [-0.39, 0.29) is 23.2 Å². The van der Waals surface area contributed by atoms with Crippen LogP contribution in [0.25, 0.3) is 0 Å². The predicted octanol–water partition coefficient (Wildman–Crippen LogP) is 3.82. The fraction of sp³-hybridized carbons (Fsp3) is 0.533. The molecule has 0 radical (unpaired) electrons. The first kappa shape index (κ1) is 14.3. The highest BCUT2D eigenvalue weighted by molar-refractivity contribution is 6.31.